The molecule has 1 aromatic rings. The first kappa shape index (κ1) is 8.20. The molecule has 62 valence electrons. The lowest BCUT2D eigenvalue weighted by atomic mass is 10.1. The minimum Gasteiger partial charge on any atom is -0.310 e. The van der Waals surface area contributed by atoms with Gasteiger partial charge in [-0.2, -0.15) is 0 Å². The molecule has 0 aromatic carbocycles. The summed E-state index contributed by atoms with van der Waals surface area (Å²) in [7, 11) is 0. The van der Waals surface area contributed by atoms with Gasteiger partial charge >= 0.3 is 0 Å². The Labute approximate surface area is 66.4 Å². The minimum absolute atomic E-state index is 0.0881. The molecule has 0 aliphatic rings. The number of hydrogen-bond acceptors (Lipinski definition) is 3. The van der Waals surface area contributed by atoms with Crippen molar-refractivity contribution in [1.29, 1.82) is 0 Å². The zero-order valence-electron chi connectivity index (χ0n) is 7.15. The van der Waals surface area contributed by atoms with Crippen LogP contribution in [0.3, 0.4) is 0 Å². The minimum atomic E-state index is -0.0881. The van der Waals surface area contributed by atoms with E-state index in [1.807, 2.05) is 6.92 Å². The lowest BCUT2D eigenvalue weighted by Crippen LogP contribution is -2.19. The molecule has 0 saturated heterocycles. The Kier molecular flexibility index (Phi) is 2.24. The van der Waals surface area contributed by atoms with Gasteiger partial charge in [-0.05, 0) is 12.8 Å². The lowest BCUT2D eigenvalue weighted by Gasteiger charge is -2.10. The second-order valence-electron chi connectivity index (χ2n) is 3.00. The summed E-state index contributed by atoms with van der Waals surface area (Å²) in [6.45, 7) is 6.08. The predicted molar refractivity (Wildman–Crippen MR) is 43.0 cm³/mol. The molecule has 0 fully saturated rings. The highest BCUT2D eigenvalue weighted by molar-refractivity contribution is 5.00. The molecule has 1 atom stereocenters. The molecule has 0 bridgehead atoms. The molecule has 1 rings (SSSR count). The Balaban J connectivity index is 2.96. The fourth-order valence-electron chi connectivity index (χ4n) is 0.982. The molecule has 0 aliphatic carbocycles. The molecule has 1 aromatic heterocycles. The fourth-order valence-corrected chi connectivity index (χ4v) is 0.982. The van der Waals surface area contributed by atoms with Crippen LogP contribution in [-0.2, 0) is 0 Å². The Bertz CT molecular complexity index is 204. The zero-order chi connectivity index (χ0) is 8.43. The quantitative estimate of drug-likeness (QED) is 0.688. The summed E-state index contributed by atoms with van der Waals surface area (Å²) in [6, 6.07) is 0. The summed E-state index contributed by atoms with van der Waals surface area (Å²) in [5.41, 5.74) is 6.74. The summed E-state index contributed by atoms with van der Waals surface area (Å²) >= 11 is 0. The third kappa shape index (κ3) is 1.57. The van der Waals surface area contributed by atoms with E-state index in [1.165, 1.54) is 0 Å². The standard InChI is InChI=1S/C7H14N4/c1-5(2)7-4-9-10-11(7)6(3)8/h4-6H,8H2,1-3H3. The molecule has 1 heterocycles. The highest BCUT2D eigenvalue weighted by atomic mass is 15.5. The van der Waals surface area contributed by atoms with Crippen LogP contribution < -0.4 is 5.73 Å². The molecule has 0 saturated carbocycles. The van der Waals surface area contributed by atoms with Crippen LogP contribution in [0.5, 0.6) is 0 Å². The van der Waals surface area contributed by atoms with E-state index >= 15 is 0 Å². The fraction of sp³-hybridized carbons (Fsp3) is 0.714. The summed E-state index contributed by atoms with van der Waals surface area (Å²) in [4.78, 5) is 0. The molecule has 1 unspecified atom stereocenters. The van der Waals surface area contributed by atoms with Gasteiger partial charge in [0.05, 0.1) is 18.1 Å². The van der Waals surface area contributed by atoms with Crippen molar-refractivity contribution >= 4 is 0 Å². The number of hydrogen-bond donors (Lipinski definition) is 1. The first-order valence-corrected chi connectivity index (χ1v) is 3.78. The van der Waals surface area contributed by atoms with Gasteiger partial charge in [-0.25, -0.2) is 4.68 Å². The molecule has 4 heteroatoms. The van der Waals surface area contributed by atoms with Gasteiger partial charge in [-0.3, -0.25) is 0 Å². The zero-order valence-corrected chi connectivity index (χ0v) is 7.15. The smallest absolute Gasteiger partial charge is 0.0981 e. The third-order valence-corrected chi connectivity index (χ3v) is 1.58. The summed E-state index contributed by atoms with van der Waals surface area (Å²) < 4.78 is 1.74. The second kappa shape index (κ2) is 3.00. The van der Waals surface area contributed by atoms with Crippen LogP contribution >= 0.6 is 0 Å². The SMILES string of the molecule is CC(C)c1cnnn1C(C)N. The van der Waals surface area contributed by atoms with Gasteiger partial charge in [0.25, 0.3) is 0 Å². The van der Waals surface area contributed by atoms with E-state index in [9.17, 15) is 0 Å². The molecule has 0 spiro atoms. The van der Waals surface area contributed by atoms with Crippen LogP contribution in [0, 0.1) is 0 Å². The number of nitrogens with zero attached hydrogens (tertiary/aromatic N) is 3. The molecule has 0 radical (unpaired) electrons. The van der Waals surface area contributed by atoms with Gasteiger partial charge in [-0.15, -0.1) is 5.10 Å². The van der Waals surface area contributed by atoms with Crippen molar-refractivity contribution in [3.63, 3.8) is 0 Å². The first-order chi connectivity index (χ1) is 5.13. The maximum atomic E-state index is 5.66. The van der Waals surface area contributed by atoms with Gasteiger partial charge in [0.2, 0.25) is 0 Å². The van der Waals surface area contributed by atoms with Crippen molar-refractivity contribution in [1.82, 2.24) is 15.0 Å². The second-order valence-corrected chi connectivity index (χ2v) is 3.00. The van der Waals surface area contributed by atoms with Crippen molar-refractivity contribution in [2.75, 3.05) is 0 Å². The molecule has 4 nitrogen and oxygen atoms in total. The van der Waals surface area contributed by atoms with E-state index in [0.717, 1.165) is 5.69 Å². The van der Waals surface area contributed by atoms with Crippen molar-refractivity contribution < 1.29 is 0 Å². The highest BCUT2D eigenvalue weighted by Crippen LogP contribution is 2.13. The van der Waals surface area contributed by atoms with E-state index < -0.39 is 0 Å². The van der Waals surface area contributed by atoms with E-state index in [1.54, 1.807) is 10.9 Å². The van der Waals surface area contributed by atoms with E-state index in [2.05, 4.69) is 24.2 Å². The topological polar surface area (TPSA) is 56.7 Å². The number of nitrogens with two attached hydrogens (primary N) is 1. The highest BCUT2D eigenvalue weighted by Gasteiger charge is 2.09. The maximum absolute atomic E-state index is 5.66. The van der Waals surface area contributed by atoms with Crippen LogP contribution in [0.15, 0.2) is 6.20 Å². The normalized spacial score (nSPS) is 13.9. The van der Waals surface area contributed by atoms with Crippen LogP contribution in [0.1, 0.15) is 38.5 Å². The summed E-state index contributed by atoms with van der Waals surface area (Å²) in [5.74, 6) is 0.427. The monoisotopic (exact) mass is 154 g/mol. The van der Waals surface area contributed by atoms with Crippen LogP contribution in [0.4, 0.5) is 0 Å². The van der Waals surface area contributed by atoms with Gasteiger partial charge in [0.1, 0.15) is 0 Å². The van der Waals surface area contributed by atoms with Gasteiger partial charge in [-0.1, -0.05) is 19.1 Å². The largest absolute Gasteiger partial charge is 0.310 e. The van der Waals surface area contributed by atoms with Crippen LogP contribution in [-0.4, -0.2) is 15.0 Å². The van der Waals surface area contributed by atoms with E-state index in [-0.39, 0.29) is 6.17 Å². The molecular formula is C7H14N4. The van der Waals surface area contributed by atoms with Crippen LogP contribution in [0.25, 0.3) is 0 Å². The van der Waals surface area contributed by atoms with Crippen molar-refractivity contribution in [3.8, 4) is 0 Å². The van der Waals surface area contributed by atoms with E-state index in [0.29, 0.717) is 5.92 Å². The molecule has 0 aliphatic heterocycles. The van der Waals surface area contributed by atoms with Crippen molar-refractivity contribution in [2.45, 2.75) is 32.9 Å². The summed E-state index contributed by atoms with van der Waals surface area (Å²) in [5, 5.41) is 7.68. The average Bonchev–Trinajstić information content (AvgIpc) is 2.32. The Morgan fingerprint density at radius 1 is 1.45 bits per heavy atom. The molecule has 11 heavy (non-hydrogen) atoms. The van der Waals surface area contributed by atoms with Gasteiger partial charge in [0.15, 0.2) is 0 Å². The molecule has 0 amide bonds. The number of rotatable bonds is 2. The predicted octanol–water partition coefficient (Wildman–Crippen LogP) is 0.879. The van der Waals surface area contributed by atoms with Gasteiger partial charge in [0, 0.05) is 0 Å². The Hall–Kier alpha value is -0.900. The van der Waals surface area contributed by atoms with E-state index in [4.69, 9.17) is 5.73 Å². The van der Waals surface area contributed by atoms with Crippen molar-refractivity contribution in [3.05, 3.63) is 11.9 Å². The molecule has 2 N–H and O–H groups in total. The summed E-state index contributed by atoms with van der Waals surface area (Å²) in [6.07, 6.45) is 1.67. The van der Waals surface area contributed by atoms with Gasteiger partial charge < -0.3 is 5.73 Å². The Morgan fingerprint density at radius 2 is 2.09 bits per heavy atom. The third-order valence-electron chi connectivity index (χ3n) is 1.58. The number of aromatic nitrogens is 3. The maximum Gasteiger partial charge on any atom is 0.0981 e. The first-order valence-electron chi connectivity index (χ1n) is 3.78. The average molecular weight is 154 g/mol. The Morgan fingerprint density at radius 3 is 2.45 bits per heavy atom. The van der Waals surface area contributed by atoms with Crippen molar-refractivity contribution in [2.24, 2.45) is 5.73 Å². The van der Waals surface area contributed by atoms with Crippen LogP contribution in [0.2, 0.25) is 0 Å². The molecular weight excluding hydrogens is 140 g/mol. The lowest BCUT2D eigenvalue weighted by molar-refractivity contribution is 0.466.